The van der Waals surface area contributed by atoms with Crippen LogP contribution in [0.1, 0.15) is 19.0 Å². The Labute approximate surface area is 76.7 Å². The number of aliphatic carboxylic acids is 1. The number of carbonyl (C=O) groups is 1. The van der Waals surface area contributed by atoms with E-state index >= 15 is 0 Å². The second kappa shape index (κ2) is 4.40. The maximum Gasteiger partial charge on any atom is 0.337 e. The number of allylic oxidation sites excluding steroid dienone is 1. The molecule has 1 N–H and O–H groups in total. The Hall–Kier alpha value is -1.64. The first-order valence-corrected chi connectivity index (χ1v) is 4.10. The van der Waals surface area contributed by atoms with Crippen molar-refractivity contribution in [1.82, 2.24) is 4.98 Å². The van der Waals surface area contributed by atoms with Crippen LogP contribution in [0.25, 0.3) is 5.57 Å². The second-order valence-corrected chi connectivity index (χ2v) is 2.55. The van der Waals surface area contributed by atoms with E-state index in [1.165, 1.54) is 0 Å². The number of carboxylic acids is 1. The molecule has 0 amide bonds. The molecule has 3 heteroatoms. The molecule has 0 bridgehead atoms. The van der Waals surface area contributed by atoms with Gasteiger partial charge in [0.05, 0.1) is 11.3 Å². The number of hydrogen-bond acceptors (Lipinski definition) is 2. The van der Waals surface area contributed by atoms with E-state index in [0.29, 0.717) is 12.1 Å². The predicted molar refractivity (Wildman–Crippen MR) is 50.1 cm³/mol. The minimum Gasteiger partial charge on any atom is -0.478 e. The third kappa shape index (κ3) is 2.40. The summed E-state index contributed by atoms with van der Waals surface area (Å²) in [4.78, 5) is 14.8. The SMILES string of the molecule is CCC=C(C(=O)O)c1ccccn1. The molecule has 0 aliphatic rings. The maximum absolute atomic E-state index is 10.8. The second-order valence-electron chi connectivity index (χ2n) is 2.55. The largest absolute Gasteiger partial charge is 0.478 e. The zero-order valence-corrected chi connectivity index (χ0v) is 7.40. The summed E-state index contributed by atoms with van der Waals surface area (Å²) in [5.74, 6) is -0.930. The van der Waals surface area contributed by atoms with Gasteiger partial charge in [-0.15, -0.1) is 0 Å². The fraction of sp³-hybridized carbons (Fsp3) is 0.200. The summed E-state index contributed by atoms with van der Waals surface area (Å²) in [5.41, 5.74) is 0.778. The van der Waals surface area contributed by atoms with Gasteiger partial charge in [-0.25, -0.2) is 4.79 Å². The Morgan fingerprint density at radius 1 is 1.62 bits per heavy atom. The number of nitrogens with zero attached hydrogens (tertiary/aromatic N) is 1. The van der Waals surface area contributed by atoms with Crippen LogP contribution in [-0.2, 0) is 4.79 Å². The molecule has 1 aromatic heterocycles. The monoisotopic (exact) mass is 177 g/mol. The first-order chi connectivity index (χ1) is 6.25. The predicted octanol–water partition coefficient (Wildman–Crippen LogP) is 1.96. The third-order valence-corrected chi connectivity index (χ3v) is 1.58. The van der Waals surface area contributed by atoms with Crippen molar-refractivity contribution in [1.29, 1.82) is 0 Å². The fourth-order valence-electron chi connectivity index (χ4n) is 1.03. The molecule has 0 atom stereocenters. The fourth-order valence-corrected chi connectivity index (χ4v) is 1.03. The average Bonchev–Trinajstić information content (AvgIpc) is 2.15. The van der Waals surface area contributed by atoms with E-state index in [4.69, 9.17) is 5.11 Å². The van der Waals surface area contributed by atoms with E-state index < -0.39 is 5.97 Å². The summed E-state index contributed by atoms with van der Waals surface area (Å²) >= 11 is 0. The van der Waals surface area contributed by atoms with Gasteiger partial charge >= 0.3 is 5.97 Å². The molecular weight excluding hydrogens is 166 g/mol. The molecule has 1 heterocycles. The van der Waals surface area contributed by atoms with Crippen molar-refractivity contribution < 1.29 is 9.90 Å². The summed E-state index contributed by atoms with van der Waals surface area (Å²) in [5, 5.41) is 8.85. The van der Waals surface area contributed by atoms with Crippen LogP contribution >= 0.6 is 0 Å². The number of pyridine rings is 1. The summed E-state index contributed by atoms with van der Waals surface area (Å²) < 4.78 is 0. The molecule has 0 fully saturated rings. The van der Waals surface area contributed by atoms with Crippen molar-refractivity contribution in [3.63, 3.8) is 0 Å². The number of rotatable bonds is 3. The number of aromatic nitrogens is 1. The van der Waals surface area contributed by atoms with E-state index in [2.05, 4.69) is 4.98 Å². The van der Waals surface area contributed by atoms with E-state index in [-0.39, 0.29) is 5.57 Å². The van der Waals surface area contributed by atoms with E-state index in [1.54, 1.807) is 30.5 Å². The summed E-state index contributed by atoms with van der Waals surface area (Å²) in [6.45, 7) is 1.89. The lowest BCUT2D eigenvalue weighted by Crippen LogP contribution is -2.01. The molecule has 0 aliphatic carbocycles. The quantitative estimate of drug-likeness (QED) is 0.718. The Kier molecular flexibility index (Phi) is 3.20. The average molecular weight is 177 g/mol. The number of hydrogen-bond donors (Lipinski definition) is 1. The highest BCUT2D eigenvalue weighted by molar-refractivity contribution is 6.14. The first kappa shape index (κ1) is 9.45. The molecule has 0 saturated heterocycles. The van der Waals surface area contributed by atoms with E-state index in [1.807, 2.05) is 6.92 Å². The van der Waals surface area contributed by atoms with E-state index in [9.17, 15) is 4.79 Å². The van der Waals surface area contributed by atoms with Crippen molar-refractivity contribution in [2.24, 2.45) is 0 Å². The zero-order valence-electron chi connectivity index (χ0n) is 7.40. The van der Waals surface area contributed by atoms with Gasteiger partial charge in [-0.1, -0.05) is 19.1 Å². The van der Waals surface area contributed by atoms with Gasteiger partial charge in [0.25, 0.3) is 0 Å². The highest BCUT2D eigenvalue weighted by atomic mass is 16.4. The van der Waals surface area contributed by atoms with Gasteiger partial charge in [0.15, 0.2) is 0 Å². The van der Waals surface area contributed by atoms with Crippen LogP contribution in [0, 0.1) is 0 Å². The van der Waals surface area contributed by atoms with Gasteiger partial charge in [0.1, 0.15) is 0 Å². The number of carboxylic acid groups (broad SMARTS) is 1. The molecule has 3 nitrogen and oxygen atoms in total. The Morgan fingerprint density at radius 3 is 2.85 bits per heavy atom. The minimum absolute atomic E-state index is 0.267. The van der Waals surface area contributed by atoms with Crippen LogP contribution in [-0.4, -0.2) is 16.1 Å². The standard InChI is InChI=1S/C10H11NO2/c1-2-5-8(10(12)13)9-6-3-4-7-11-9/h3-7H,2H2,1H3,(H,12,13). The van der Waals surface area contributed by atoms with Crippen LogP contribution in [0.2, 0.25) is 0 Å². The van der Waals surface area contributed by atoms with E-state index in [0.717, 1.165) is 0 Å². The molecule has 0 unspecified atom stereocenters. The zero-order chi connectivity index (χ0) is 9.68. The summed E-state index contributed by atoms with van der Waals surface area (Å²) in [6.07, 6.45) is 3.94. The summed E-state index contributed by atoms with van der Waals surface area (Å²) in [7, 11) is 0. The van der Waals surface area contributed by atoms with Gasteiger partial charge < -0.3 is 5.11 Å². The molecule has 68 valence electrons. The topological polar surface area (TPSA) is 50.2 Å². The van der Waals surface area contributed by atoms with Crippen molar-refractivity contribution >= 4 is 11.5 Å². The van der Waals surface area contributed by atoms with Crippen molar-refractivity contribution in [2.45, 2.75) is 13.3 Å². The molecule has 0 spiro atoms. The smallest absolute Gasteiger partial charge is 0.337 e. The van der Waals surface area contributed by atoms with Gasteiger partial charge in [-0.3, -0.25) is 4.98 Å². The van der Waals surface area contributed by atoms with Crippen molar-refractivity contribution in [3.8, 4) is 0 Å². The Balaban J connectivity index is 3.03. The molecule has 13 heavy (non-hydrogen) atoms. The lowest BCUT2D eigenvalue weighted by atomic mass is 10.1. The molecule has 1 rings (SSSR count). The maximum atomic E-state index is 10.8. The highest BCUT2D eigenvalue weighted by Crippen LogP contribution is 2.11. The lowest BCUT2D eigenvalue weighted by molar-refractivity contribution is -0.130. The van der Waals surface area contributed by atoms with Gasteiger partial charge in [0.2, 0.25) is 0 Å². The molecule has 0 saturated carbocycles. The minimum atomic E-state index is -0.930. The van der Waals surface area contributed by atoms with Crippen LogP contribution < -0.4 is 0 Å². The Morgan fingerprint density at radius 2 is 2.38 bits per heavy atom. The van der Waals surface area contributed by atoms with Crippen LogP contribution in [0.15, 0.2) is 30.5 Å². The molecule has 0 aliphatic heterocycles. The Bertz CT molecular complexity index is 317. The van der Waals surface area contributed by atoms with Gasteiger partial charge in [-0.2, -0.15) is 0 Å². The third-order valence-electron chi connectivity index (χ3n) is 1.58. The van der Waals surface area contributed by atoms with Gasteiger partial charge in [-0.05, 0) is 18.6 Å². The normalized spacial score (nSPS) is 11.3. The summed E-state index contributed by atoms with van der Waals surface area (Å²) in [6, 6.07) is 5.22. The van der Waals surface area contributed by atoms with Crippen molar-refractivity contribution in [3.05, 3.63) is 36.2 Å². The molecule has 0 aromatic carbocycles. The first-order valence-electron chi connectivity index (χ1n) is 4.10. The lowest BCUT2D eigenvalue weighted by Gasteiger charge is -1.99. The molecule has 1 aromatic rings. The van der Waals surface area contributed by atoms with Crippen LogP contribution in [0.4, 0.5) is 0 Å². The van der Waals surface area contributed by atoms with Crippen LogP contribution in [0.5, 0.6) is 0 Å². The molecular formula is C10H11NO2. The molecule has 0 radical (unpaired) electrons. The van der Waals surface area contributed by atoms with Crippen LogP contribution in [0.3, 0.4) is 0 Å². The van der Waals surface area contributed by atoms with Gasteiger partial charge in [0, 0.05) is 6.20 Å². The van der Waals surface area contributed by atoms with Crippen molar-refractivity contribution in [2.75, 3.05) is 0 Å². The highest BCUT2D eigenvalue weighted by Gasteiger charge is 2.09.